The minimum absolute atomic E-state index is 0.182. The van der Waals surface area contributed by atoms with Crippen molar-refractivity contribution in [2.45, 2.75) is 31.8 Å². The standard InChI is InChI=1S/C7H13ClO/c1-2-7(3-5-8)4-6-9-7/h2-6H2,1H3. The van der Waals surface area contributed by atoms with Gasteiger partial charge in [0.1, 0.15) is 0 Å². The fraction of sp³-hybridized carbons (Fsp3) is 1.00. The molecule has 1 aliphatic rings. The Morgan fingerprint density at radius 1 is 1.67 bits per heavy atom. The Morgan fingerprint density at radius 2 is 2.33 bits per heavy atom. The van der Waals surface area contributed by atoms with Gasteiger partial charge in [-0.05, 0) is 19.3 Å². The Hall–Kier alpha value is 0.250. The number of hydrogen-bond acceptors (Lipinski definition) is 1. The fourth-order valence-corrected chi connectivity index (χ4v) is 1.56. The molecular weight excluding hydrogens is 136 g/mol. The lowest BCUT2D eigenvalue weighted by atomic mass is 9.89. The van der Waals surface area contributed by atoms with Gasteiger partial charge in [0, 0.05) is 5.88 Å². The molecule has 0 amide bonds. The van der Waals surface area contributed by atoms with Gasteiger partial charge in [-0.2, -0.15) is 0 Å². The van der Waals surface area contributed by atoms with Crippen molar-refractivity contribution >= 4 is 11.6 Å². The first-order valence-electron chi connectivity index (χ1n) is 3.53. The van der Waals surface area contributed by atoms with Gasteiger partial charge in [0.25, 0.3) is 0 Å². The molecule has 54 valence electrons. The van der Waals surface area contributed by atoms with E-state index in [0.717, 1.165) is 25.3 Å². The molecule has 0 aromatic carbocycles. The summed E-state index contributed by atoms with van der Waals surface area (Å²) >= 11 is 5.60. The lowest BCUT2D eigenvalue weighted by Crippen LogP contribution is -2.43. The van der Waals surface area contributed by atoms with E-state index in [4.69, 9.17) is 16.3 Å². The van der Waals surface area contributed by atoms with Gasteiger partial charge in [0.2, 0.25) is 0 Å². The second kappa shape index (κ2) is 2.89. The van der Waals surface area contributed by atoms with Gasteiger partial charge >= 0.3 is 0 Å². The molecule has 1 fully saturated rings. The van der Waals surface area contributed by atoms with Crippen molar-refractivity contribution < 1.29 is 4.74 Å². The lowest BCUT2D eigenvalue weighted by Gasteiger charge is -2.41. The van der Waals surface area contributed by atoms with Gasteiger partial charge in [-0.1, -0.05) is 6.92 Å². The molecule has 0 aromatic rings. The van der Waals surface area contributed by atoms with Crippen molar-refractivity contribution in [1.29, 1.82) is 0 Å². The van der Waals surface area contributed by atoms with Gasteiger partial charge in [-0.15, -0.1) is 11.6 Å². The van der Waals surface area contributed by atoms with Gasteiger partial charge in [0.05, 0.1) is 12.2 Å². The second-order valence-electron chi connectivity index (χ2n) is 2.57. The van der Waals surface area contributed by atoms with Crippen LogP contribution in [0.3, 0.4) is 0 Å². The average molecular weight is 149 g/mol. The van der Waals surface area contributed by atoms with E-state index in [1.807, 2.05) is 0 Å². The number of alkyl halides is 1. The van der Waals surface area contributed by atoms with Crippen LogP contribution in [0.5, 0.6) is 0 Å². The highest BCUT2D eigenvalue weighted by atomic mass is 35.5. The van der Waals surface area contributed by atoms with E-state index in [2.05, 4.69) is 6.92 Å². The highest BCUT2D eigenvalue weighted by Crippen LogP contribution is 2.33. The van der Waals surface area contributed by atoms with E-state index < -0.39 is 0 Å². The number of hydrogen-bond donors (Lipinski definition) is 0. The third-order valence-corrected chi connectivity index (χ3v) is 2.35. The zero-order chi connectivity index (χ0) is 6.74. The normalized spacial score (nSPS) is 34.0. The predicted molar refractivity (Wildman–Crippen MR) is 38.9 cm³/mol. The first-order chi connectivity index (χ1) is 4.33. The lowest BCUT2D eigenvalue weighted by molar-refractivity contribution is -0.149. The summed E-state index contributed by atoms with van der Waals surface area (Å²) in [5.41, 5.74) is 0.182. The zero-order valence-corrected chi connectivity index (χ0v) is 6.58. The van der Waals surface area contributed by atoms with E-state index >= 15 is 0 Å². The van der Waals surface area contributed by atoms with Gasteiger partial charge in [-0.3, -0.25) is 0 Å². The number of rotatable bonds is 3. The second-order valence-corrected chi connectivity index (χ2v) is 2.95. The molecule has 2 heteroatoms. The Morgan fingerprint density at radius 3 is 2.44 bits per heavy atom. The quantitative estimate of drug-likeness (QED) is 0.558. The van der Waals surface area contributed by atoms with E-state index in [1.54, 1.807) is 0 Å². The Bertz CT molecular complexity index is 83.4. The summed E-state index contributed by atoms with van der Waals surface area (Å²) in [6.07, 6.45) is 3.33. The van der Waals surface area contributed by atoms with Crippen LogP contribution in [0.2, 0.25) is 0 Å². The molecule has 1 aliphatic heterocycles. The fourth-order valence-electron chi connectivity index (χ4n) is 1.22. The largest absolute Gasteiger partial charge is 0.375 e. The Kier molecular flexibility index (Phi) is 2.36. The summed E-state index contributed by atoms with van der Waals surface area (Å²) in [6.45, 7) is 3.09. The van der Waals surface area contributed by atoms with Gasteiger partial charge < -0.3 is 4.74 Å². The maximum Gasteiger partial charge on any atom is 0.0713 e. The van der Waals surface area contributed by atoms with Crippen molar-refractivity contribution in [2.24, 2.45) is 0 Å². The van der Waals surface area contributed by atoms with Crippen LogP contribution in [0.4, 0.5) is 0 Å². The first kappa shape index (κ1) is 7.36. The summed E-state index contributed by atoms with van der Waals surface area (Å²) < 4.78 is 5.42. The molecule has 1 nitrogen and oxygen atoms in total. The molecule has 1 rings (SSSR count). The Balaban J connectivity index is 2.28. The van der Waals surface area contributed by atoms with Crippen LogP contribution >= 0.6 is 11.6 Å². The van der Waals surface area contributed by atoms with Crippen molar-refractivity contribution in [2.75, 3.05) is 12.5 Å². The van der Waals surface area contributed by atoms with Crippen molar-refractivity contribution in [1.82, 2.24) is 0 Å². The van der Waals surface area contributed by atoms with Crippen molar-refractivity contribution in [3.8, 4) is 0 Å². The number of ether oxygens (including phenoxy) is 1. The molecule has 0 aliphatic carbocycles. The minimum Gasteiger partial charge on any atom is -0.375 e. The highest BCUT2D eigenvalue weighted by molar-refractivity contribution is 6.17. The third kappa shape index (κ3) is 1.39. The van der Waals surface area contributed by atoms with Crippen LogP contribution in [0.15, 0.2) is 0 Å². The molecular formula is C7H13ClO. The minimum atomic E-state index is 0.182. The number of halogens is 1. The molecule has 0 bridgehead atoms. The van der Waals surface area contributed by atoms with Crippen LogP contribution in [0.25, 0.3) is 0 Å². The van der Waals surface area contributed by atoms with Crippen LogP contribution in [-0.4, -0.2) is 18.1 Å². The van der Waals surface area contributed by atoms with Gasteiger partial charge in [0.15, 0.2) is 0 Å². The summed E-state index contributed by atoms with van der Waals surface area (Å²) in [5.74, 6) is 0.730. The molecule has 1 atom stereocenters. The maximum atomic E-state index is 5.60. The molecule has 1 heterocycles. The van der Waals surface area contributed by atoms with E-state index in [9.17, 15) is 0 Å². The van der Waals surface area contributed by atoms with Crippen LogP contribution in [-0.2, 0) is 4.74 Å². The third-order valence-electron chi connectivity index (χ3n) is 2.16. The molecule has 9 heavy (non-hydrogen) atoms. The van der Waals surface area contributed by atoms with Crippen LogP contribution in [0, 0.1) is 0 Å². The highest BCUT2D eigenvalue weighted by Gasteiger charge is 2.35. The van der Waals surface area contributed by atoms with Crippen molar-refractivity contribution in [3.63, 3.8) is 0 Å². The maximum absolute atomic E-state index is 5.60. The zero-order valence-electron chi connectivity index (χ0n) is 5.82. The molecule has 0 N–H and O–H groups in total. The molecule has 0 saturated carbocycles. The summed E-state index contributed by atoms with van der Waals surface area (Å²) in [4.78, 5) is 0. The molecule has 1 unspecified atom stereocenters. The SMILES string of the molecule is CCC1(CCCl)CCO1. The van der Waals surface area contributed by atoms with E-state index in [0.29, 0.717) is 0 Å². The van der Waals surface area contributed by atoms with Gasteiger partial charge in [-0.25, -0.2) is 0 Å². The molecule has 0 aromatic heterocycles. The summed E-state index contributed by atoms with van der Waals surface area (Å²) in [7, 11) is 0. The van der Waals surface area contributed by atoms with E-state index in [1.165, 1.54) is 6.42 Å². The monoisotopic (exact) mass is 148 g/mol. The summed E-state index contributed by atoms with van der Waals surface area (Å²) in [6, 6.07) is 0. The van der Waals surface area contributed by atoms with Crippen LogP contribution < -0.4 is 0 Å². The first-order valence-corrected chi connectivity index (χ1v) is 4.06. The van der Waals surface area contributed by atoms with Crippen molar-refractivity contribution in [3.05, 3.63) is 0 Å². The molecule has 0 radical (unpaired) electrons. The summed E-state index contributed by atoms with van der Waals surface area (Å²) in [5, 5.41) is 0. The molecule has 0 spiro atoms. The smallest absolute Gasteiger partial charge is 0.0713 e. The van der Waals surface area contributed by atoms with Crippen LogP contribution in [0.1, 0.15) is 26.2 Å². The molecule has 1 saturated heterocycles. The topological polar surface area (TPSA) is 9.23 Å². The average Bonchev–Trinajstić information content (AvgIpc) is 1.79. The van der Waals surface area contributed by atoms with E-state index in [-0.39, 0.29) is 5.60 Å². The Labute approximate surface area is 61.3 Å². The predicted octanol–water partition coefficient (Wildman–Crippen LogP) is 2.18.